The molecule has 0 aliphatic carbocycles. The van der Waals surface area contributed by atoms with E-state index in [0.29, 0.717) is 0 Å². The van der Waals surface area contributed by atoms with Gasteiger partial charge in [0.25, 0.3) is 0 Å². The van der Waals surface area contributed by atoms with Gasteiger partial charge in [0.15, 0.2) is 0 Å². The van der Waals surface area contributed by atoms with E-state index in [1.54, 1.807) is 11.8 Å². The summed E-state index contributed by atoms with van der Waals surface area (Å²) in [6.07, 6.45) is 1.94. The van der Waals surface area contributed by atoms with Crippen molar-refractivity contribution in [3.63, 3.8) is 0 Å². The van der Waals surface area contributed by atoms with Crippen molar-refractivity contribution in [3.05, 3.63) is 0 Å². The fraction of sp³-hybridized carbons (Fsp3) is 0.833. The first kappa shape index (κ1) is 9.78. The van der Waals surface area contributed by atoms with Gasteiger partial charge in [-0.1, -0.05) is 6.92 Å². The van der Waals surface area contributed by atoms with Crippen molar-refractivity contribution in [3.8, 4) is 0 Å². The minimum Gasteiger partial charge on any atom is -0.480 e. The van der Waals surface area contributed by atoms with Crippen LogP contribution in [0.15, 0.2) is 0 Å². The molecule has 60 valence electrons. The zero-order valence-corrected chi connectivity index (χ0v) is 7.02. The molecule has 10 heavy (non-hydrogen) atoms. The maximum absolute atomic E-state index is 10.3. The van der Waals surface area contributed by atoms with Crippen LogP contribution in [0.25, 0.3) is 0 Å². The third kappa shape index (κ3) is 3.08. The Hall–Kier alpha value is -0.220. The number of thioether (sulfide) groups is 1. The van der Waals surface area contributed by atoms with Gasteiger partial charge in [0.2, 0.25) is 0 Å². The van der Waals surface area contributed by atoms with Crippen LogP contribution in [-0.2, 0) is 4.79 Å². The second-order valence-corrected chi connectivity index (χ2v) is 3.21. The molecule has 0 spiro atoms. The Balaban J connectivity index is 3.69. The molecule has 0 aromatic rings. The van der Waals surface area contributed by atoms with Crippen LogP contribution in [0.1, 0.15) is 6.92 Å². The van der Waals surface area contributed by atoms with E-state index in [-0.39, 0.29) is 5.92 Å². The van der Waals surface area contributed by atoms with E-state index in [9.17, 15) is 4.79 Å². The molecule has 0 heterocycles. The van der Waals surface area contributed by atoms with E-state index < -0.39 is 12.0 Å². The predicted molar refractivity (Wildman–Crippen MR) is 43.2 cm³/mol. The first-order chi connectivity index (χ1) is 4.59. The lowest BCUT2D eigenvalue weighted by molar-refractivity contribution is -0.139. The summed E-state index contributed by atoms with van der Waals surface area (Å²) in [7, 11) is 0. The van der Waals surface area contributed by atoms with Crippen molar-refractivity contribution in [1.82, 2.24) is 0 Å². The Morgan fingerprint density at radius 1 is 1.80 bits per heavy atom. The van der Waals surface area contributed by atoms with Crippen LogP contribution in [-0.4, -0.2) is 29.1 Å². The maximum atomic E-state index is 10.3. The van der Waals surface area contributed by atoms with Crippen molar-refractivity contribution in [1.29, 1.82) is 0 Å². The van der Waals surface area contributed by atoms with E-state index >= 15 is 0 Å². The Morgan fingerprint density at radius 3 is 2.60 bits per heavy atom. The molecule has 0 saturated heterocycles. The van der Waals surface area contributed by atoms with Crippen LogP contribution in [0.2, 0.25) is 0 Å². The molecular formula is C6H13NO2S. The van der Waals surface area contributed by atoms with Crippen LogP contribution in [0.5, 0.6) is 0 Å². The highest BCUT2D eigenvalue weighted by Crippen LogP contribution is 2.07. The monoisotopic (exact) mass is 164 g/mol. The minimum atomic E-state index is -0.915. The standard InChI is InChI=1S/C6H13NO2S/c1-4(3-10-2)5(7)6(8)9/h4-5H,3,7H2,1-2H3,(H,8,9)/t4?,5-/m0/s1/i1+1. The van der Waals surface area contributed by atoms with Crippen LogP contribution >= 0.6 is 11.8 Å². The number of carbonyl (C=O) groups is 1. The van der Waals surface area contributed by atoms with Crippen molar-refractivity contribution < 1.29 is 9.90 Å². The van der Waals surface area contributed by atoms with Crippen molar-refractivity contribution in [2.24, 2.45) is 11.7 Å². The summed E-state index contributed by atoms with van der Waals surface area (Å²) in [4.78, 5) is 10.3. The highest BCUT2D eigenvalue weighted by molar-refractivity contribution is 7.98. The largest absolute Gasteiger partial charge is 0.480 e. The first-order valence-electron chi connectivity index (χ1n) is 3.07. The zero-order valence-electron chi connectivity index (χ0n) is 6.20. The van der Waals surface area contributed by atoms with Crippen molar-refractivity contribution in [2.45, 2.75) is 13.0 Å². The molecule has 0 rings (SSSR count). The maximum Gasteiger partial charge on any atom is 0.320 e. The van der Waals surface area contributed by atoms with Crippen LogP contribution < -0.4 is 5.73 Å². The molecule has 0 saturated carbocycles. The lowest BCUT2D eigenvalue weighted by atomic mass is 10.1. The highest BCUT2D eigenvalue weighted by atomic mass is 32.2. The summed E-state index contributed by atoms with van der Waals surface area (Å²) in [5, 5.41) is 8.44. The molecule has 0 fully saturated rings. The van der Waals surface area contributed by atoms with E-state index in [0.717, 1.165) is 5.75 Å². The predicted octanol–water partition coefficient (Wildman–Crippen LogP) is 0.397. The first-order valence-corrected chi connectivity index (χ1v) is 4.46. The van der Waals surface area contributed by atoms with Gasteiger partial charge in [0.1, 0.15) is 6.04 Å². The Kier molecular flexibility index (Phi) is 4.47. The van der Waals surface area contributed by atoms with Gasteiger partial charge in [-0.05, 0) is 17.9 Å². The Bertz CT molecular complexity index is 118. The second kappa shape index (κ2) is 4.57. The van der Waals surface area contributed by atoms with Crippen molar-refractivity contribution >= 4 is 17.7 Å². The molecule has 0 amide bonds. The second-order valence-electron chi connectivity index (χ2n) is 2.30. The zero-order chi connectivity index (χ0) is 8.15. The number of carboxylic acids is 1. The third-order valence-corrected chi connectivity index (χ3v) is 2.19. The van der Waals surface area contributed by atoms with Gasteiger partial charge in [0, 0.05) is 0 Å². The number of hydrogen-bond acceptors (Lipinski definition) is 3. The van der Waals surface area contributed by atoms with E-state index in [1.807, 2.05) is 13.2 Å². The van der Waals surface area contributed by atoms with E-state index in [1.165, 1.54) is 0 Å². The molecule has 0 aromatic carbocycles. The average Bonchev–Trinajstić information content (AvgIpc) is 1.87. The molecule has 0 bridgehead atoms. The fourth-order valence-corrected chi connectivity index (χ4v) is 1.34. The average molecular weight is 164 g/mol. The molecule has 4 heteroatoms. The van der Waals surface area contributed by atoms with Crippen molar-refractivity contribution in [2.75, 3.05) is 12.0 Å². The fourth-order valence-electron chi connectivity index (χ4n) is 0.610. The number of rotatable bonds is 4. The van der Waals surface area contributed by atoms with Gasteiger partial charge < -0.3 is 10.8 Å². The quantitative estimate of drug-likeness (QED) is 0.590. The SMILES string of the molecule is CSCC([13CH3])[C@H](N)C(=O)O. The topological polar surface area (TPSA) is 63.3 Å². The smallest absolute Gasteiger partial charge is 0.320 e. The normalized spacial score (nSPS) is 16.3. The Labute approximate surface area is 65.0 Å². The summed E-state index contributed by atoms with van der Waals surface area (Å²) in [6.45, 7) is 1.84. The molecule has 2 atom stereocenters. The Morgan fingerprint density at radius 2 is 2.30 bits per heavy atom. The number of aliphatic carboxylic acids is 1. The molecule has 3 nitrogen and oxygen atoms in total. The lowest BCUT2D eigenvalue weighted by Crippen LogP contribution is -2.37. The molecule has 3 N–H and O–H groups in total. The molecule has 0 radical (unpaired) electrons. The highest BCUT2D eigenvalue weighted by Gasteiger charge is 2.18. The lowest BCUT2D eigenvalue weighted by Gasteiger charge is -2.13. The summed E-state index contributed by atoms with van der Waals surface area (Å²) in [5.41, 5.74) is 5.33. The van der Waals surface area contributed by atoms with Crippen LogP contribution in [0.3, 0.4) is 0 Å². The van der Waals surface area contributed by atoms with Gasteiger partial charge in [-0.25, -0.2) is 0 Å². The minimum absolute atomic E-state index is 0.0486. The molecule has 1 unspecified atom stereocenters. The molecule has 0 aromatic heterocycles. The van der Waals surface area contributed by atoms with Gasteiger partial charge in [0.05, 0.1) is 0 Å². The molecule has 0 aliphatic rings. The molecular weight excluding hydrogens is 151 g/mol. The van der Waals surface area contributed by atoms with Gasteiger partial charge in [-0.15, -0.1) is 0 Å². The summed E-state index contributed by atoms with van der Waals surface area (Å²) < 4.78 is 0. The van der Waals surface area contributed by atoms with E-state index in [2.05, 4.69) is 0 Å². The van der Waals surface area contributed by atoms with Crippen LogP contribution in [0.4, 0.5) is 0 Å². The number of hydrogen-bond donors (Lipinski definition) is 2. The third-order valence-electron chi connectivity index (χ3n) is 1.33. The molecule has 0 aliphatic heterocycles. The summed E-state index contributed by atoms with van der Waals surface area (Å²) in [6, 6.07) is -0.715. The van der Waals surface area contributed by atoms with E-state index in [4.69, 9.17) is 10.8 Å². The van der Waals surface area contributed by atoms with Gasteiger partial charge >= 0.3 is 5.97 Å². The summed E-state index contributed by atoms with van der Waals surface area (Å²) >= 11 is 1.61. The van der Waals surface area contributed by atoms with Crippen LogP contribution in [0, 0.1) is 5.92 Å². The number of nitrogens with two attached hydrogens (primary N) is 1. The number of carboxylic acid groups (broad SMARTS) is 1. The van der Waals surface area contributed by atoms with Gasteiger partial charge in [-0.2, -0.15) is 11.8 Å². The summed E-state index contributed by atoms with van der Waals surface area (Å²) in [5.74, 6) is -0.0675. The van der Waals surface area contributed by atoms with Gasteiger partial charge in [-0.3, -0.25) is 4.79 Å².